The summed E-state index contributed by atoms with van der Waals surface area (Å²) in [7, 11) is -3.80. The van der Waals surface area contributed by atoms with Crippen molar-refractivity contribution in [2.45, 2.75) is 43.9 Å². The number of nitrogens with one attached hydrogen (secondary N) is 1. The first-order valence-corrected chi connectivity index (χ1v) is 8.91. The zero-order valence-corrected chi connectivity index (χ0v) is 13.1. The number of hydrogen-bond acceptors (Lipinski definition) is 3. The monoisotopic (exact) mass is 314 g/mol. The molecule has 0 atom stereocenters. The van der Waals surface area contributed by atoms with Crippen molar-refractivity contribution in [3.63, 3.8) is 0 Å². The molecule has 3 N–H and O–H groups in total. The number of sulfonamides is 1. The van der Waals surface area contributed by atoms with Crippen LogP contribution in [0.4, 0.5) is 10.1 Å². The third-order valence-corrected chi connectivity index (χ3v) is 5.72. The van der Waals surface area contributed by atoms with Crippen LogP contribution in [0.25, 0.3) is 0 Å². The second-order valence-corrected chi connectivity index (χ2v) is 7.74. The third-order valence-electron chi connectivity index (χ3n) is 4.23. The number of hydrogen-bond donors (Lipinski definition) is 2. The Morgan fingerprint density at radius 3 is 2.57 bits per heavy atom. The van der Waals surface area contributed by atoms with Crippen molar-refractivity contribution in [2.24, 2.45) is 11.8 Å². The first-order chi connectivity index (χ1) is 9.88. The van der Waals surface area contributed by atoms with Gasteiger partial charge < -0.3 is 5.73 Å². The SMILES string of the molecule is CC1CCC(CCNS(=O)(=O)c2ccc(N)cc2F)CC1. The molecule has 0 aliphatic heterocycles. The molecule has 0 heterocycles. The Labute approximate surface area is 126 Å². The lowest BCUT2D eigenvalue weighted by Crippen LogP contribution is -2.27. The smallest absolute Gasteiger partial charge is 0.243 e. The molecule has 0 bridgehead atoms. The maximum Gasteiger partial charge on any atom is 0.243 e. The van der Waals surface area contributed by atoms with E-state index in [0.717, 1.165) is 31.2 Å². The zero-order valence-electron chi connectivity index (χ0n) is 12.3. The van der Waals surface area contributed by atoms with E-state index in [1.807, 2.05) is 0 Å². The minimum absolute atomic E-state index is 0.211. The molecule has 6 heteroatoms. The van der Waals surface area contributed by atoms with Crippen LogP contribution in [0.5, 0.6) is 0 Å². The highest BCUT2D eigenvalue weighted by atomic mass is 32.2. The van der Waals surface area contributed by atoms with E-state index in [1.165, 1.54) is 25.0 Å². The molecule has 21 heavy (non-hydrogen) atoms. The Bertz CT molecular complexity index is 581. The molecule has 1 saturated carbocycles. The van der Waals surface area contributed by atoms with Crippen molar-refractivity contribution in [2.75, 3.05) is 12.3 Å². The average Bonchev–Trinajstić information content (AvgIpc) is 2.40. The molecule has 0 amide bonds. The van der Waals surface area contributed by atoms with E-state index in [9.17, 15) is 12.8 Å². The van der Waals surface area contributed by atoms with E-state index in [1.54, 1.807) is 0 Å². The van der Waals surface area contributed by atoms with E-state index in [-0.39, 0.29) is 10.6 Å². The van der Waals surface area contributed by atoms with Gasteiger partial charge >= 0.3 is 0 Å². The molecule has 118 valence electrons. The molecule has 1 aliphatic rings. The van der Waals surface area contributed by atoms with Crippen LogP contribution in [0, 0.1) is 17.7 Å². The maximum atomic E-state index is 13.7. The zero-order chi connectivity index (χ0) is 15.5. The summed E-state index contributed by atoms with van der Waals surface area (Å²) in [6, 6.07) is 3.62. The van der Waals surface area contributed by atoms with Crippen LogP contribution >= 0.6 is 0 Å². The molecule has 0 unspecified atom stereocenters. The molecule has 4 nitrogen and oxygen atoms in total. The van der Waals surface area contributed by atoms with Gasteiger partial charge in [-0.25, -0.2) is 17.5 Å². The van der Waals surface area contributed by atoms with Crippen molar-refractivity contribution in [1.29, 1.82) is 0 Å². The molecular formula is C15H23FN2O2S. The fraction of sp³-hybridized carbons (Fsp3) is 0.600. The number of halogens is 1. The highest BCUT2D eigenvalue weighted by Gasteiger charge is 2.21. The van der Waals surface area contributed by atoms with Gasteiger partial charge in [0.2, 0.25) is 10.0 Å². The predicted octanol–water partition coefficient (Wildman–Crippen LogP) is 2.90. The Balaban J connectivity index is 1.89. The van der Waals surface area contributed by atoms with Gasteiger partial charge in [0, 0.05) is 12.2 Å². The molecule has 1 aromatic carbocycles. The van der Waals surface area contributed by atoms with Crippen LogP contribution in [0.1, 0.15) is 39.0 Å². The van der Waals surface area contributed by atoms with Crippen molar-refractivity contribution >= 4 is 15.7 Å². The fourth-order valence-electron chi connectivity index (χ4n) is 2.83. The van der Waals surface area contributed by atoms with Crippen LogP contribution in [0.3, 0.4) is 0 Å². The van der Waals surface area contributed by atoms with Crippen molar-refractivity contribution in [3.05, 3.63) is 24.0 Å². The maximum absolute atomic E-state index is 13.7. The molecule has 1 aromatic rings. The molecule has 0 saturated heterocycles. The molecule has 1 fully saturated rings. The molecular weight excluding hydrogens is 291 g/mol. The van der Waals surface area contributed by atoms with E-state index >= 15 is 0 Å². The fourth-order valence-corrected chi connectivity index (χ4v) is 3.93. The van der Waals surface area contributed by atoms with Gasteiger partial charge in [0.15, 0.2) is 0 Å². The van der Waals surface area contributed by atoms with Crippen LogP contribution in [0.2, 0.25) is 0 Å². The number of anilines is 1. The number of nitrogen functional groups attached to an aromatic ring is 1. The molecule has 0 radical (unpaired) electrons. The molecule has 0 spiro atoms. The number of nitrogens with two attached hydrogens (primary N) is 1. The van der Waals surface area contributed by atoms with Crippen molar-refractivity contribution in [3.8, 4) is 0 Å². The summed E-state index contributed by atoms with van der Waals surface area (Å²) in [6.45, 7) is 2.61. The van der Waals surface area contributed by atoms with Gasteiger partial charge in [0.25, 0.3) is 0 Å². The Morgan fingerprint density at radius 1 is 1.29 bits per heavy atom. The van der Waals surface area contributed by atoms with Gasteiger partial charge in [0.1, 0.15) is 10.7 Å². The lowest BCUT2D eigenvalue weighted by atomic mass is 9.81. The first-order valence-electron chi connectivity index (χ1n) is 7.43. The van der Waals surface area contributed by atoms with Crippen LogP contribution in [-0.4, -0.2) is 15.0 Å². The second-order valence-electron chi connectivity index (χ2n) is 6.00. The highest BCUT2D eigenvalue weighted by Crippen LogP contribution is 2.30. The average molecular weight is 314 g/mol. The van der Waals surface area contributed by atoms with Crippen LogP contribution in [-0.2, 0) is 10.0 Å². The third kappa shape index (κ3) is 4.41. The summed E-state index contributed by atoms with van der Waals surface area (Å²) >= 11 is 0. The molecule has 2 rings (SSSR count). The van der Waals surface area contributed by atoms with Crippen molar-refractivity contribution in [1.82, 2.24) is 4.72 Å². The first kappa shape index (κ1) is 16.2. The lowest BCUT2D eigenvalue weighted by molar-refractivity contribution is 0.278. The Hall–Kier alpha value is -1.14. The Morgan fingerprint density at radius 2 is 1.95 bits per heavy atom. The quantitative estimate of drug-likeness (QED) is 0.821. The number of benzene rings is 1. The predicted molar refractivity (Wildman–Crippen MR) is 81.7 cm³/mol. The number of rotatable bonds is 5. The van der Waals surface area contributed by atoms with E-state index in [4.69, 9.17) is 5.73 Å². The van der Waals surface area contributed by atoms with Gasteiger partial charge in [-0.05, 0) is 36.5 Å². The highest BCUT2D eigenvalue weighted by molar-refractivity contribution is 7.89. The molecule has 1 aliphatic carbocycles. The van der Waals surface area contributed by atoms with Gasteiger partial charge in [-0.2, -0.15) is 0 Å². The summed E-state index contributed by atoms with van der Waals surface area (Å²) in [4.78, 5) is -0.339. The largest absolute Gasteiger partial charge is 0.399 e. The topological polar surface area (TPSA) is 72.2 Å². The summed E-state index contributed by atoms with van der Waals surface area (Å²) in [6.07, 6.45) is 5.54. The Kier molecular flexibility index (Phi) is 5.22. The van der Waals surface area contributed by atoms with Gasteiger partial charge in [-0.15, -0.1) is 0 Å². The van der Waals surface area contributed by atoms with E-state index in [2.05, 4.69) is 11.6 Å². The second kappa shape index (κ2) is 6.75. The standard InChI is InChI=1S/C15H23FN2O2S/c1-11-2-4-12(5-3-11)8-9-18-21(19,20)15-7-6-13(17)10-14(15)16/h6-7,10-12,18H,2-5,8-9,17H2,1H3. The normalized spacial score (nSPS) is 23.1. The van der Waals surface area contributed by atoms with Crippen molar-refractivity contribution < 1.29 is 12.8 Å². The summed E-state index contributed by atoms with van der Waals surface area (Å²) in [5.41, 5.74) is 5.64. The summed E-state index contributed by atoms with van der Waals surface area (Å²) in [5, 5.41) is 0. The van der Waals surface area contributed by atoms with Crippen LogP contribution < -0.4 is 10.5 Å². The summed E-state index contributed by atoms with van der Waals surface area (Å²) in [5.74, 6) is 0.538. The summed E-state index contributed by atoms with van der Waals surface area (Å²) < 4.78 is 40.3. The lowest BCUT2D eigenvalue weighted by Gasteiger charge is -2.26. The van der Waals surface area contributed by atoms with Gasteiger partial charge in [-0.1, -0.05) is 32.6 Å². The van der Waals surface area contributed by atoms with Crippen LogP contribution in [0.15, 0.2) is 23.1 Å². The minimum atomic E-state index is -3.80. The minimum Gasteiger partial charge on any atom is -0.399 e. The van der Waals surface area contributed by atoms with Gasteiger partial charge in [-0.3, -0.25) is 0 Å². The van der Waals surface area contributed by atoms with E-state index in [0.29, 0.717) is 12.5 Å². The molecule has 0 aromatic heterocycles. The van der Waals surface area contributed by atoms with Gasteiger partial charge in [0.05, 0.1) is 0 Å². The van der Waals surface area contributed by atoms with E-state index < -0.39 is 15.8 Å².